The second-order valence-corrected chi connectivity index (χ2v) is 12.9. The standard InChI is InChI=1S/C23H25N11O7S3/c1-23(2,19(39)40)41-31-12(9-7-43-21(26)27-9)15(35)29-13-16(36)33-14(18(37)38)8(5-42-17(13)33)6-44-22-28-10(24)4-11-32(3)20(25)30-34(11)22/h4,7,13,17,24H,5-6H2,1-3H3,(H7,25,26,27,29,30,35,37,38,39,40)/p+1/b31-12-. The first kappa shape index (κ1) is 30.8. The van der Waals surface area contributed by atoms with Crippen LogP contribution in [0.15, 0.2) is 33.0 Å². The van der Waals surface area contributed by atoms with E-state index in [9.17, 15) is 29.4 Å². The number of nitrogens with zero attached hydrogens (tertiary/aromatic N) is 7. The summed E-state index contributed by atoms with van der Waals surface area (Å²) >= 11 is 3.45. The van der Waals surface area contributed by atoms with Gasteiger partial charge in [0.2, 0.25) is 16.4 Å². The van der Waals surface area contributed by atoms with E-state index in [1.165, 1.54) is 47.3 Å². The Bertz CT molecular complexity index is 1780. The number of anilines is 3. The van der Waals surface area contributed by atoms with Gasteiger partial charge in [0, 0.05) is 28.1 Å². The van der Waals surface area contributed by atoms with Crippen molar-refractivity contribution in [1.82, 2.24) is 29.8 Å². The van der Waals surface area contributed by atoms with Crippen molar-refractivity contribution in [1.29, 1.82) is 0 Å². The Labute approximate surface area is 260 Å². The Hall–Kier alpha value is -4.63. The van der Waals surface area contributed by atoms with E-state index < -0.39 is 46.5 Å². The summed E-state index contributed by atoms with van der Waals surface area (Å²) in [6, 6.07) is 0.495. The molecule has 0 aromatic carbocycles. The van der Waals surface area contributed by atoms with Gasteiger partial charge in [-0.2, -0.15) is 4.98 Å². The highest BCUT2D eigenvalue weighted by atomic mass is 32.2. The molecule has 2 aliphatic rings. The molecule has 5 rings (SSSR count). The predicted octanol–water partition coefficient (Wildman–Crippen LogP) is -1.13. The van der Waals surface area contributed by atoms with Crippen LogP contribution >= 0.6 is 34.9 Å². The molecule has 0 aliphatic carbocycles. The summed E-state index contributed by atoms with van der Waals surface area (Å²) in [7, 11) is 1.71. The number of aliphatic carboxylic acids is 2. The van der Waals surface area contributed by atoms with Crippen molar-refractivity contribution in [3.63, 3.8) is 0 Å². The maximum absolute atomic E-state index is 13.3. The molecule has 5 heterocycles. The molecule has 0 spiro atoms. The van der Waals surface area contributed by atoms with Crippen LogP contribution < -0.4 is 27.1 Å². The lowest BCUT2D eigenvalue weighted by atomic mass is 10.0. The van der Waals surface area contributed by atoms with Gasteiger partial charge in [0.25, 0.3) is 11.8 Å². The highest BCUT2D eigenvalue weighted by Gasteiger charge is 2.54. The first-order chi connectivity index (χ1) is 20.7. The van der Waals surface area contributed by atoms with Crippen LogP contribution in [0.2, 0.25) is 0 Å². The van der Waals surface area contributed by atoms with Crippen LogP contribution in [0, 0.1) is 0 Å². The van der Waals surface area contributed by atoms with E-state index in [1.807, 2.05) is 0 Å². The number of amides is 2. The molecule has 2 amide bonds. The highest BCUT2D eigenvalue weighted by molar-refractivity contribution is 8.01. The molecular formula is C23H26N11O7S3+. The molecule has 232 valence electrons. The number of carbonyl (C=O) groups excluding carboxylic acids is 2. The van der Waals surface area contributed by atoms with Gasteiger partial charge in [-0.05, 0) is 19.4 Å². The number of oxime groups is 1. The second-order valence-electron chi connectivity index (χ2n) is 9.98. The van der Waals surface area contributed by atoms with Crippen molar-refractivity contribution in [2.24, 2.45) is 12.2 Å². The van der Waals surface area contributed by atoms with E-state index in [2.05, 4.69) is 25.5 Å². The van der Waals surface area contributed by atoms with E-state index in [4.69, 9.17) is 22.0 Å². The van der Waals surface area contributed by atoms with Crippen LogP contribution in [-0.4, -0.2) is 92.7 Å². The number of nitrogen functional groups attached to an aromatic ring is 3. The van der Waals surface area contributed by atoms with Crippen LogP contribution in [0.5, 0.6) is 0 Å². The number of carboxylic acid groups (broad SMARTS) is 2. The van der Waals surface area contributed by atoms with Crippen LogP contribution in [0.4, 0.5) is 16.9 Å². The Morgan fingerprint density at radius 2 is 2.00 bits per heavy atom. The average molecular weight is 665 g/mol. The minimum atomic E-state index is -1.78. The topological polar surface area (TPSA) is 271 Å². The molecule has 2 atom stereocenters. The zero-order valence-electron chi connectivity index (χ0n) is 23.2. The minimum Gasteiger partial charge on any atom is -0.478 e. The molecule has 0 bridgehead atoms. The number of rotatable bonds is 10. The highest BCUT2D eigenvalue weighted by Crippen LogP contribution is 2.41. The first-order valence-electron chi connectivity index (χ1n) is 12.5. The molecule has 0 saturated carbocycles. The predicted molar refractivity (Wildman–Crippen MR) is 159 cm³/mol. The molecule has 1 saturated heterocycles. The molecule has 9 N–H and O–H groups in total. The van der Waals surface area contributed by atoms with Gasteiger partial charge in [0.05, 0.1) is 7.05 Å². The van der Waals surface area contributed by atoms with Crippen molar-refractivity contribution in [2.75, 3.05) is 28.7 Å². The number of β-lactam (4-membered cyclic amide) rings is 1. The fourth-order valence-corrected chi connectivity index (χ4v) is 7.14. The number of carbonyl (C=O) groups is 4. The summed E-state index contributed by atoms with van der Waals surface area (Å²) < 4.78 is 3.11. The number of hydrogen-bond acceptors (Lipinski definition) is 15. The summed E-state index contributed by atoms with van der Waals surface area (Å²) in [5.41, 5.74) is 16.2. The zero-order valence-corrected chi connectivity index (χ0v) is 25.7. The molecule has 1 fully saturated rings. The summed E-state index contributed by atoms with van der Waals surface area (Å²) in [6.45, 7) is 2.47. The molecule has 2 aliphatic heterocycles. The van der Waals surface area contributed by atoms with Crippen LogP contribution in [-0.2, 0) is 31.1 Å². The van der Waals surface area contributed by atoms with E-state index >= 15 is 0 Å². The van der Waals surface area contributed by atoms with Gasteiger partial charge in [-0.3, -0.25) is 14.5 Å². The fourth-order valence-electron chi connectivity index (χ4n) is 4.15. The quantitative estimate of drug-likeness (QED) is 0.0374. The Balaban J connectivity index is 1.35. The van der Waals surface area contributed by atoms with Gasteiger partial charge < -0.3 is 37.6 Å². The second kappa shape index (κ2) is 11.5. The Morgan fingerprint density at radius 1 is 1.27 bits per heavy atom. The third kappa shape index (κ3) is 5.55. The Morgan fingerprint density at radius 3 is 2.64 bits per heavy atom. The normalized spacial score (nSPS) is 18.7. The molecule has 44 heavy (non-hydrogen) atoms. The maximum Gasteiger partial charge on any atom is 0.376 e. The number of thiazole rings is 1. The number of carboxylic acids is 2. The largest absolute Gasteiger partial charge is 0.478 e. The number of hydrogen-bond donors (Lipinski definition) is 6. The van der Waals surface area contributed by atoms with Gasteiger partial charge in [-0.1, -0.05) is 21.4 Å². The molecule has 2 unspecified atom stereocenters. The summed E-state index contributed by atoms with van der Waals surface area (Å²) in [6.07, 6.45) is 0. The fraction of sp³-hybridized carbons (Fsp3) is 0.348. The third-order valence-electron chi connectivity index (χ3n) is 6.56. The number of nitrogens with two attached hydrogens (primary N) is 3. The number of nitrogens with one attached hydrogen (secondary N) is 1. The zero-order chi connectivity index (χ0) is 32.1. The number of thioether (sulfide) groups is 2. The summed E-state index contributed by atoms with van der Waals surface area (Å²) in [4.78, 5) is 64.9. The minimum absolute atomic E-state index is 0.00773. The maximum atomic E-state index is 13.3. The van der Waals surface area contributed by atoms with Crippen molar-refractivity contribution < 1.29 is 38.8 Å². The Kier molecular flexibility index (Phi) is 8.03. The lowest BCUT2D eigenvalue weighted by molar-refractivity contribution is -0.631. The van der Waals surface area contributed by atoms with Gasteiger partial charge in [0.15, 0.2) is 10.8 Å². The van der Waals surface area contributed by atoms with Crippen LogP contribution in [0.1, 0.15) is 19.5 Å². The van der Waals surface area contributed by atoms with Crippen molar-refractivity contribution in [3.05, 3.63) is 28.4 Å². The van der Waals surface area contributed by atoms with E-state index in [1.54, 1.807) is 17.7 Å². The molecule has 3 aromatic heterocycles. The van der Waals surface area contributed by atoms with Crippen molar-refractivity contribution >= 4 is 86.9 Å². The lowest BCUT2D eigenvalue weighted by Gasteiger charge is -2.49. The SMILES string of the molecule is C[n+]1c(N)nn2c(SCC3=C(C(=O)O)N4C(=O)C(NC(=O)/C(=N\OC(C)(C)C(=O)O)c5csc(N)n5)C4SC3)nc(N)cc21. The summed E-state index contributed by atoms with van der Waals surface area (Å²) in [5, 5.41) is 31.1. The summed E-state index contributed by atoms with van der Waals surface area (Å²) in [5.74, 6) is -3.36. The van der Waals surface area contributed by atoms with Crippen LogP contribution in [0.3, 0.4) is 0 Å². The number of aromatic nitrogens is 5. The monoisotopic (exact) mass is 664 g/mol. The van der Waals surface area contributed by atoms with Crippen molar-refractivity contribution in [2.45, 2.75) is 36.0 Å². The molecule has 3 aromatic rings. The number of fused-ring (bicyclic) bond motifs is 2. The molecule has 0 radical (unpaired) electrons. The van der Waals surface area contributed by atoms with E-state index in [0.29, 0.717) is 16.4 Å². The van der Waals surface area contributed by atoms with Crippen molar-refractivity contribution in [3.8, 4) is 0 Å². The molecule has 21 heteroatoms. The van der Waals surface area contributed by atoms with E-state index in [-0.39, 0.29) is 39.8 Å². The molecule has 18 nitrogen and oxygen atoms in total. The van der Waals surface area contributed by atoms with E-state index in [0.717, 1.165) is 16.2 Å². The first-order valence-corrected chi connectivity index (χ1v) is 15.5. The third-order valence-corrected chi connectivity index (χ3v) is 9.59. The van der Waals surface area contributed by atoms with Gasteiger partial charge in [0.1, 0.15) is 28.6 Å². The average Bonchev–Trinajstić information content (AvgIpc) is 3.51. The van der Waals surface area contributed by atoms with Crippen LogP contribution in [0.25, 0.3) is 5.65 Å². The molecular weight excluding hydrogens is 639 g/mol. The van der Waals surface area contributed by atoms with Gasteiger partial charge in [-0.15, -0.1) is 23.1 Å². The lowest BCUT2D eigenvalue weighted by Crippen LogP contribution is -2.71. The smallest absolute Gasteiger partial charge is 0.376 e. The number of aryl methyl sites for hydroxylation is 1. The van der Waals surface area contributed by atoms with Gasteiger partial charge >= 0.3 is 17.9 Å². The van der Waals surface area contributed by atoms with Gasteiger partial charge in [-0.25, -0.2) is 19.1 Å².